The van der Waals surface area contributed by atoms with E-state index in [2.05, 4.69) is 14.9 Å². The molecule has 7 nitrogen and oxygen atoms in total. The van der Waals surface area contributed by atoms with Crippen molar-refractivity contribution in [3.05, 3.63) is 60.0 Å². The van der Waals surface area contributed by atoms with E-state index >= 15 is 0 Å². The zero-order valence-corrected chi connectivity index (χ0v) is 14.6. The van der Waals surface area contributed by atoms with E-state index in [1.807, 2.05) is 12.1 Å². The minimum absolute atomic E-state index is 0.171. The fraction of sp³-hybridized carbons (Fsp3) is 0.176. The summed E-state index contributed by atoms with van der Waals surface area (Å²) in [5.41, 5.74) is 1.52. The van der Waals surface area contributed by atoms with E-state index in [1.165, 1.54) is 12.1 Å². The van der Waals surface area contributed by atoms with Gasteiger partial charge in [0.05, 0.1) is 12.0 Å². The number of rotatable bonds is 6. The summed E-state index contributed by atoms with van der Waals surface area (Å²) in [5.74, 6) is 1.60. The van der Waals surface area contributed by atoms with Gasteiger partial charge in [-0.1, -0.05) is 17.3 Å². The first-order valence-electron chi connectivity index (χ1n) is 7.51. The van der Waals surface area contributed by atoms with Crippen molar-refractivity contribution in [2.75, 3.05) is 7.11 Å². The molecule has 0 aliphatic heterocycles. The highest BCUT2D eigenvalue weighted by atomic mass is 32.2. The first-order valence-corrected chi connectivity index (χ1v) is 8.99. The number of hydrogen-bond acceptors (Lipinski definition) is 6. The number of benzene rings is 2. The fourth-order valence-electron chi connectivity index (χ4n) is 2.20. The monoisotopic (exact) mass is 359 g/mol. The first-order chi connectivity index (χ1) is 12.0. The van der Waals surface area contributed by atoms with E-state index in [0.717, 1.165) is 11.3 Å². The molecule has 0 unspecified atom stereocenters. The van der Waals surface area contributed by atoms with Gasteiger partial charge in [0.2, 0.25) is 21.7 Å². The lowest BCUT2D eigenvalue weighted by Gasteiger charge is -2.08. The second kappa shape index (κ2) is 7.04. The molecule has 0 saturated heterocycles. The van der Waals surface area contributed by atoms with Crippen molar-refractivity contribution in [3.63, 3.8) is 0 Å². The zero-order chi connectivity index (χ0) is 17.9. The molecule has 2 aromatic carbocycles. The number of aromatic nitrogens is 2. The summed E-state index contributed by atoms with van der Waals surface area (Å²) in [4.78, 5) is 4.28. The largest absolute Gasteiger partial charge is 0.497 e. The summed E-state index contributed by atoms with van der Waals surface area (Å²) in [6, 6.07) is 13.5. The van der Waals surface area contributed by atoms with Gasteiger partial charge >= 0.3 is 0 Å². The van der Waals surface area contributed by atoms with Gasteiger partial charge in [0.25, 0.3) is 0 Å². The normalized spacial score (nSPS) is 11.4. The van der Waals surface area contributed by atoms with Gasteiger partial charge in [-0.2, -0.15) is 4.98 Å². The van der Waals surface area contributed by atoms with Crippen LogP contribution < -0.4 is 9.46 Å². The molecule has 0 fully saturated rings. The van der Waals surface area contributed by atoms with Crippen LogP contribution >= 0.6 is 0 Å². The van der Waals surface area contributed by atoms with Crippen LogP contribution in [0, 0.1) is 6.92 Å². The van der Waals surface area contributed by atoms with Gasteiger partial charge in [0, 0.05) is 19.0 Å². The third-order valence-electron chi connectivity index (χ3n) is 3.58. The van der Waals surface area contributed by atoms with Crippen molar-refractivity contribution >= 4 is 10.0 Å². The molecule has 130 valence electrons. The zero-order valence-electron chi connectivity index (χ0n) is 13.8. The highest BCUT2D eigenvalue weighted by Gasteiger charge is 2.14. The number of nitrogens with zero attached hydrogens (tertiary/aromatic N) is 2. The third kappa shape index (κ3) is 4.04. The maximum absolute atomic E-state index is 12.4. The van der Waals surface area contributed by atoms with E-state index in [4.69, 9.17) is 9.26 Å². The quantitative estimate of drug-likeness (QED) is 0.727. The smallest absolute Gasteiger partial charge is 0.240 e. The Morgan fingerprint density at radius 2 is 1.76 bits per heavy atom. The average Bonchev–Trinajstić information content (AvgIpc) is 3.07. The van der Waals surface area contributed by atoms with Crippen LogP contribution in [0.5, 0.6) is 5.75 Å². The molecule has 0 atom stereocenters. The molecule has 8 heteroatoms. The van der Waals surface area contributed by atoms with Gasteiger partial charge in [-0.05, 0) is 42.0 Å². The fourth-order valence-corrected chi connectivity index (χ4v) is 3.22. The highest BCUT2D eigenvalue weighted by Crippen LogP contribution is 2.19. The molecule has 3 rings (SSSR count). The van der Waals surface area contributed by atoms with Crippen LogP contribution in [0.25, 0.3) is 11.4 Å². The number of aryl methyl sites for hydroxylation is 1. The van der Waals surface area contributed by atoms with Gasteiger partial charge < -0.3 is 9.26 Å². The van der Waals surface area contributed by atoms with Crippen LogP contribution in [-0.2, 0) is 16.6 Å². The topological polar surface area (TPSA) is 94.3 Å². The van der Waals surface area contributed by atoms with Gasteiger partial charge in [-0.3, -0.25) is 0 Å². The second-order valence-electron chi connectivity index (χ2n) is 5.33. The molecular formula is C17H17N3O4S. The van der Waals surface area contributed by atoms with Crippen LogP contribution in [0.15, 0.2) is 57.9 Å². The molecule has 1 heterocycles. The Morgan fingerprint density at radius 3 is 2.32 bits per heavy atom. The maximum atomic E-state index is 12.4. The number of nitrogens with one attached hydrogen (secondary N) is 1. The van der Waals surface area contributed by atoms with Crippen LogP contribution in [0.1, 0.15) is 11.5 Å². The molecule has 1 aromatic heterocycles. The standard InChI is InChI=1S/C17H17N3O4S/c1-12-19-17(20-24-12)14-5-9-16(10-6-14)25(21,22)18-11-13-3-7-15(23-2)8-4-13/h3-10,18H,11H2,1-2H3. The summed E-state index contributed by atoms with van der Waals surface area (Å²) in [6.45, 7) is 1.89. The average molecular weight is 359 g/mol. The maximum Gasteiger partial charge on any atom is 0.240 e. The molecule has 0 aliphatic rings. The second-order valence-corrected chi connectivity index (χ2v) is 7.10. The molecule has 0 radical (unpaired) electrons. The minimum Gasteiger partial charge on any atom is -0.497 e. The molecule has 0 spiro atoms. The molecule has 1 N–H and O–H groups in total. The van der Waals surface area contributed by atoms with Gasteiger partial charge in [-0.25, -0.2) is 13.1 Å². The van der Waals surface area contributed by atoms with E-state index < -0.39 is 10.0 Å². The number of hydrogen-bond donors (Lipinski definition) is 1. The molecular weight excluding hydrogens is 342 g/mol. The van der Waals surface area contributed by atoms with Crippen LogP contribution in [0.3, 0.4) is 0 Å². The molecule has 0 amide bonds. The first kappa shape index (κ1) is 17.1. The third-order valence-corrected chi connectivity index (χ3v) is 4.99. The SMILES string of the molecule is COc1ccc(CNS(=O)(=O)c2ccc(-c3noc(C)n3)cc2)cc1. The Kier molecular flexibility index (Phi) is 4.82. The van der Waals surface area contributed by atoms with Gasteiger partial charge in [-0.15, -0.1) is 0 Å². The molecule has 25 heavy (non-hydrogen) atoms. The van der Waals surface area contributed by atoms with Crippen molar-refractivity contribution in [1.82, 2.24) is 14.9 Å². The Labute approximate surface area is 145 Å². The van der Waals surface area contributed by atoms with Crippen molar-refractivity contribution in [2.45, 2.75) is 18.4 Å². The van der Waals surface area contributed by atoms with Gasteiger partial charge in [0.1, 0.15) is 5.75 Å². The summed E-state index contributed by atoms with van der Waals surface area (Å²) < 4.78 is 37.4. The Morgan fingerprint density at radius 1 is 1.08 bits per heavy atom. The Balaban J connectivity index is 1.70. The van der Waals surface area contributed by atoms with Crippen LogP contribution in [-0.4, -0.2) is 25.7 Å². The molecule has 0 aliphatic carbocycles. The van der Waals surface area contributed by atoms with E-state index in [1.54, 1.807) is 38.3 Å². The highest BCUT2D eigenvalue weighted by molar-refractivity contribution is 7.89. The Hall–Kier alpha value is -2.71. The van der Waals surface area contributed by atoms with Crippen molar-refractivity contribution in [1.29, 1.82) is 0 Å². The summed E-state index contributed by atoms with van der Waals surface area (Å²) in [6.07, 6.45) is 0. The van der Waals surface area contributed by atoms with Crippen LogP contribution in [0.2, 0.25) is 0 Å². The molecule has 0 saturated carbocycles. The molecule has 3 aromatic rings. The molecule has 0 bridgehead atoms. The predicted molar refractivity (Wildman–Crippen MR) is 91.5 cm³/mol. The van der Waals surface area contributed by atoms with Crippen molar-refractivity contribution in [2.24, 2.45) is 0 Å². The van der Waals surface area contributed by atoms with Crippen LogP contribution in [0.4, 0.5) is 0 Å². The lowest BCUT2D eigenvalue weighted by atomic mass is 10.2. The lowest BCUT2D eigenvalue weighted by molar-refractivity contribution is 0.394. The minimum atomic E-state index is -3.61. The van der Waals surface area contributed by atoms with E-state index in [-0.39, 0.29) is 11.4 Å². The summed E-state index contributed by atoms with van der Waals surface area (Å²) >= 11 is 0. The van der Waals surface area contributed by atoms with Gasteiger partial charge in [0.15, 0.2) is 0 Å². The summed E-state index contributed by atoms with van der Waals surface area (Å²) in [7, 11) is -2.03. The lowest BCUT2D eigenvalue weighted by Crippen LogP contribution is -2.23. The number of methoxy groups -OCH3 is 1. The summed E-state index contributed by atoms with van der Waals surface area (Å²) in [5, 5.41) is 3.81. The van der Waals surface area contributed by atoms with E-state index in [9.17, 15) is 8.42 Å². The number of sulfonamides is 1. The van der Waals surface area contributed by atoms with Crippen molar-refractivity contribution < 1.29 is 17.7 Å². The number of ether oxygens (including phenoxy) is 1. The predicted octanol–water partition coefficient (Wildman–Crippen LogP) is 2.53. The van der Waals surface area contributed by atoms with Crippen molar-refractivity contribution in [3.8, 4) is 17.1 Å². The van der Waals surface area contributed by atoms with E-state index in [0.29, 0.717) is 17.3 Å². The Bertz CT molecular complexity index is 948.